The third-order valence-electron chi connectivity index (χ3n) is 3.17. The summed E-state index contributed by atoms with van der Waals surface area (Å²) in [6, 6.07) is 7.83. The number of nitriles is 1. The van der Waals surface area contributed by atoms with Crippen LogP contribution in [0.5, 0.6) is 0 Å². The van der Waals surface area contributed by atoms with E-state index in [4.69, 9.17) is 22.6 Å². The zero-order chi connectivity index (χ0) is 13.7. The van der Waals surface area contributed by atoms with Crippen LogP contribution in [0.4, 0.5) is 5.69 Å². The Labute approximate surface area is 114 Å². The van der Waals surface area contributed by atoms with Gasteiger partial charge >= 0.3 is 0 Å². The fourth-order valence-electron chi connectivity index (χ4n) is 1.74. The Morgan fingerprint density at radius 2 is 2.11 bits per heavy atom. The number of nitrogens with zero attached hydrogens (tertiary/aromatic N) is 2. The van der Waals surface area contributed by atoms with Gasteiger partial charge in [0.05, 0.1) is 16.3 Å². The SMILES string of the molecule is CC(C)C(N)CCN(C)c1cccc(Cl)c1C#N. The Bertz CT molecular complexity index is 437. The van der Waals surface area contributed by atoms with E-state index in [1.54, 1.807) is 6.07 Å². The molecular weight excluding hydrogens is 246 g/mol. The molecule has 0 saturated carbocycles. The van der Waals surface area contributed by atoms with Gasteiger partial charge in [-0.05, 0) is 24.5 Å². The minimum Gasteiger partial charge on any atom is -0.373 e. The van der Waals surface area contributed by atoms with Crippen LogP contribution in [-0.2, 0) is 0 Å². The first kappa shape index (κ1) is 14.8. The van der Waals surface area contributed by atoms with Gasteiger partial charge in [-0.15, -0.1) is 0 Å². The summed E-state index contributed by atoms with van der Waals surface area (Å²) >= 11 is 6.01. The van der Waals surface area contributed by atoms with Crippen molar-refractivity contribution in [2.24, 2.45) is 11.7 Å². The monoisotopic (exact) mass is 265 g/mol. The predicted molar refractivity (Wildman–Crippen MR) is 76.9 cm³/mol. The van der Waals surface area contributed by atoms with Gasteiger partial charge < -0.3 is 10.6 Å². The Morgan fingerprint density at radius 3 is 2.67 bits per heavy atom. The van der Waals surface area contributed by atoms with Gasteiger partial charge in [0.1, 0.15) is 6.07 Å². The normalized spacial score (nSPS) is 12.3. The molecule has 4 heteroatoms. The van der Waals surface area contributed by atoms with E-state index in [-0.39, 0.29) is 6.04 Å². The largest absolute Gasteiger partial charge is 0.373 e. The van der Waals surface area contributed by atoms with E-state index in [2.05, 4.69) is 19.9 Å². The average Bonchev–Trinajstić information content (AvgIpc) is 2.34. The van der Waals surface area contributed by atoms with Crippen molar-refractivity contribution >= 4 is 17.3 Å². The second-order valence-corrected chi connectivity index (χ2v) is 5.27. The van der Waals surface area contributed by atoms with E-state index >= 15 is 0 Å². The van der Waals surface area contributed by atoms with Crippen molar-refractivity contribution in [2.75, 3.05) is 18.5 Å². The summed E-state index contributed by atoms with van der Waals surface area (Å²) in [5.41, 5.74) is 7.42. The molecule has 1 rings (SSSR count). The topological polar surface area (TPSA) is 53.0 Å². The van der Waals surface area contributed by atoms with Gasteiger partial charge in [0, 0.05) is 19.6 Å². The van der Waals surface area contributed by atoms with Crippen LogP contribution in [0.15, 0.2) is 18.2 Å². The molecule has 0 aliphatic heterocycles. The summed E-state index contributed by atoms with van der Waals surface area (Å²) in [5, 5.41) is 9.62. The van der Waals surface area contributed by atoms with Crippen LogP contribution in [0.2, 0.25) is 5.02 Å². The minimum atomic E-state index is 0.178. The van der Waals surface area contributed by atoms with Gasteiger partial charge in [0.25, 0.3) is 0 Å². The molecule has 1 atom stereocenters. The summed E-state index contributed by atoms with van der Waals surface area (Å²) in [4.78, 5) is 2.03. The lowest BCUT2D eigenvalue weighted by atomic mass is 10.0. The number of rotatable bonds is 5. The molecule has 0 bridgehead atoms. The predicted octanol–water partition coefficient (Wildman–Crippen LogP) is 3.02. The fraction of sp³-hybridized carbons (Fsp3) is 0.500. The van der Waals surface area contributed by atoms with Crippen LogP contribution in [0, 0.1) is 17.2 Å². The molecule has 0 aromatic heterocycles. The van der Waals surface area contributed by atoms with Crippen LogP contribution in [0.3, 0.4) is 0 Å². The molecule has 0 fully saturated rings. The molecule has 1 aromatic rings. The van der Waals surface area contributed by atoms with Gasteiger partial charge in [-0.2, -0.15) is 5.26 Å². The van der Waals surface area contributed by atoms with Crippen LogP contribution >= 0.6 is 11.6 Å². The minimum absolute atomic E-state index is 0.178. The number of anilines is 1. The van der Waals surface area contributed by atoms with Crippen LogP contribution in [0.1, 0.15) is 25.8 Å². The summed E-state index contributed by atoms with van der Waals surface area (Å²) < 4.78 is 0. The Morgan fingerprint density at radius 1 is 1.44 bits per heavy atom. The van der Waals surface area contributed by atoms with Crippen molar-refractivity contribution in [3.63, 3.8) is 0 Å². The molecule has 0 amide bonds. The molecule has 0 saturated heterocycles. The maximum atomic E-state index is 9.13. The Hall–Kier alpha value is -1.24. The molecule has 18 heavy (non-hydrogen) atoms. The maximum Gasteiger partial charge on any atom is 0.103 e. The highest BCUT2D eigenvalue weighted by Gasteiger charge is 2.13. The molecule has 3 nitrogen and oxygen atoms in total. The summed E-state index contributed by atoms with van der Waals surface area (Å²) in [7, 11) is 1.96. The number of hydrogen-bond acceptors (Lipinski definition) is 3. The highest BCUT2D eigenvalue weighted by Crippen LogP contribution is 2.26. The van der Waals surface area contributed by atoms with E-state index in [0.29, 0.717) is 16.5 Å². The standard InChI is InChI=1S/C14H20ClN3/c1-10(2)13(17)7-8-18(3)14-6-4-5-12(15)11(14)9-16/h4-6,10,13H,7-8,17H2,1-3H3. The molecule has 98 valence electrons. The van der Waals surface area contributed by atoms with Crippen LogP contribution in [-0.4, -0.2) is 19.6 Å². The van der Waals surface area contributed by atoms with E-state index < -0.39 is 0 Å². The van der Waals surface area contributed by atoms with Gasteiger partial charge in [-0.1, -0.05) is 31.5 Å². The zero-order valence-corrected chi connectivity index (χ0v) is 11.9. The molecule has 2 N–H and O–H groups in total. The lowest BCUT2D eigenvalue weighted by Gasteiger charge is -2.24. The van der Waals surface area contributed by atoms with Crippen molar-refractivity contribution in [2.45, 2.75) is 26.3 Å². The van der Waals surface area contributed by atoms with Crippen LogP contribution < -0.4 is 10.6 Å². The zero-order valence-electron chi connectivity index (χ0n) is 11.2. The average molecular weight is 266 g/mol. The summed E-state index contributed by atoms with van der Waals surface area (Å²) in [6.45, 7) is 5.05. The van der Waals surface area contributed by atoms with Crippen molar-refractivity contribution in [3.05, 3.63) is 28.8 Å². The van der Waals surface area contributed by atoms with Crippen molar-refractivity contribution in [3.8, 4) is 6.07 Å². The molecule has 0 heterocycles. The van der Waals surface area contributed by atoms with Crippen molar-refractivity contribution in [1.82, 2.24) is 0 Å². The summed E-state index contributed by atoms with van der Waals surface area (Å²) in [5.74, 6) is 0.466. The molecule has 0 spiro atoms. The molecule has 1 aromatic carbocycles. The number of hydrogen-bond donors (Lipinski definition) is 1. The molecule has 0 aliphatic rings. The van der Waals surface area contributed by atoms with Gasteiger partial charge in [0.15, 0.2) is 0 Å². The fourth-order valence-corrected chi connectivity index (χ4v) is 1.95. The van der Waals surface area contributed by atoms with E-state index in [9.17, 15) is 0 Å². The van der Waals surface area contributed by atoms with E-state index in [0.717, 1.165) is 18.7 Å². The quantitative estimate of drug-likeness (QED) is 0.890. The van der Waals surface area contributed by atoms with Gasteiger partial charge in [-0.3, -0.25) is 0 Å². The molecular formula is C14H20ClN3. The number of benzene rings is 1. The van der Waals surface area contributed by atoms with Gasteiger partial charge in [0.2, 0.25) is 0 Å². The van der Waals surface area contributed by atoms with Crippen molar-refractivity contribution in [1.29, 1.82) is 5.26 Å². The first-order chi connectivity index (χ1) is 8.47. The van der Waals surface area contributed by atoms with Crippen LogP contribution in [0.25, 0.3) is 0 Å². The molecule has 0 radical (unpaired) electrons. The van der Waals surface area contributed by atoms with E-state index in [1.807, 2.05) is 24.1 Å². The second-order valence-electron chi connectivity index (χ2n) is 4.86. The lowest BCUT2D eigenvalue weighted by molar-refractivity contribution is 0.466. The highest BCUT2D eigenvalue weighted by molar-refractivity contribution is 6.32. The first-order valence-electron chi connectivity index (χ1n) is 6.12. The Kier molecular flexibility index (Phi) is 5.46. The summed E-state index contributed by atoms with van der Waals surface area (Å²) in [6.07, 6.45) is 0.894. The molecule has 0 aliphatic carbocycles. The third-order valence-corrected chi connectivity index (χ3v) is 3.48. The third kappa shape index (κ3) is 3.63. The molecule has 1 unspecified atom stereocenters. The number of nitrogens with two attached hydrogens (primary N) is 1. The number of halogens is 1. The maximum absolute atomic E-state index is 9.13. The van der Waals surface area contributed by atoms with Gasteiger partial charge in [-0.25, -0.2) is 0 Å². The second kappa shape index (κ2) is 6.63. The van der Waals surface area contributed by atoms with E-state index in [1.165, 1.54) is 0 Å². The smallest absolute Gasteiger partial charge is 0.103 e. The highest BCUT2D eigenvalue weighted by atomic mass is 35.5. The lowest BCUT2D eigenvalue weighted by Crippen LogP contribution is -2.32. The first-order valence-corrected chi connectivity index (χ1v) is 6.50. The van der Waals surface area contributed by atoms with Crippen molar-refractivity contribution < 1.29 is 0 Å². The Balaban J connectivity index is 2.76.